The number of nitrogens with one attached hydrogen (secondary N) is 2. The predicted molar refractivity (Wildman–Crippen MR) is 102 cm³/mol. The Balaban J connectivity index is 1.69. The maximum Gasteiger partial charge on any atom is 0.239 e. The van der Waals surface area contributed by atoms with Gasteiger partial charge >= 0.3 is 0 Å². The fraction of sp³-hybridized carbons (Fsp3) is 0.579. The van der Waals surface area contributed by atoms with E-state index in [1.165, 1.54) is 5.56 Å². The van der Waals surface area contributed by atoms with Crippen molar-refractivity contribution in [1.82, 2.24) is 10.6 Å². The van der Waals surface area contributed by atoms with Crippen LogP contribution in [0.25, 0.3) is 0 Å². The summed E-state index contributed by atoms with van der Waals surface area (Å²) in [5.74, 6) is -0.454. The van der Waals surface area contributed by atoms with Crippen LogP contribution < -0.4 is 10.6 Å². The van der Waals surface area contributed by atoms with Crippen LogP contribution in [-0.2, 0) is 31.3 Å². The lowest BCUT2D eigenvalue weighted by Crippen LogP contribution is -2.42. The average Bonchev–Trinajstić information content (AvgIpc) is 2.89. The molecule has 1 aliphatic rings. The largest absolute Gasteiger partial charge is 0.351 e. The van der Waals surface area contributed by atoms with Gasteiger partial charge in [0.15, 0.2) is 9.84 Å². The lowest BCUT2D eigenvalue weighted by molar-refractivity contribution is -0.126. The van der Waals surface area contributed by atoms with Gasteiger partial charge < -0.3 is 10.6 Å². The molecule has 0 radical (unpaired) electrons. The van der Waals surface area contributed by atoms with Crippen molar-refractivity contribution >= 4 is 21.7 Å². The van der Waals surface area contributed by atoms with Crippen molar-refractivity contribution in [2.24, 2.45) is 0 Å². The zero-order chi connectivity index (χ0) is 19.4. The molecule has 26 heavy (non-hydrogen) atoms. The Bertz CT molecular complexity index is 749. The Morgan fingerprint density at radius 2 is 1.77 bits per heavy atom. The summed E-state index contributed by atoms with van der Waals surface area (Å²) in [5, 5.41) is 5.23. The van der Waals surface area contributed by atoms with Crippen LogP contribution >= 0.6 is 0 Å². The Kier molecular flexibility index (Phi) is 6.44. The fourth-order valence-electron chi connectivity index (χ4n) is 2.88. The van der Waals surface area contributed by atoms with E-state index in [1.54, 1.807) is 0 Å². The summed E-state index contributed by atoms with van der Waals surface area (Å²) in [6.45, 7) is 6.34. The molecule has 144 valence electrons. The van der Waals surface area contributed by atoms with Crippen LogP contribution in [0.3, 0.4) is 0 Å². The summed E-state index contributed by atoms with van der Waals surface area (Å²) in [6.07, 6.45) is 1.35. The first-order valence-electron chi connectivity index (χ1n) is 8.91. The molecule has 1 aromatic rings. The van der Waals surface area contributed by atoms with Gasteiger partial charge in [-0.15, -0.1) is 0 Å². The number of carbonyl (C=O) groups excluding carboxylic acids is 2. The molecule has 1 unspecified atom stereocenters. The van der Waals surface area contributed by atoms with E-state index < -0.39 is 9.84 Å². The van der Waals surface area contributed by atoms with Gasteiger partial charge in [0.2, 0.25) is 11.8 Å². The standard InChI is InChI=1S/C19H28N2O4S/c1-19(2,3)15-7-4-14(5-8-15)6-9-17(22)20-12-18(23)21-16-10-11-26(24,25)13-16/h4-5,7-8,16H,6,9-13H2,1-3H3,(H,20,22)(H,21,23). The van der Waals surface area contributed by atoms with Gasteiger partial charge in [0, 0.05) is 12.5 Å². The summed E-state index contributed by atoms with van der Waals surface area (Å²) in [7, 11) is -3.03. The van der Waals surface area contributed by atoms with Crippen molar-refractivity contribution in [3.05, 3.63) is 35.4 Å². The number of carbonyl (C=O) groups is 2. The lowest BCUT2D eigenvalue weighted by Gasteiger charge is -2.19. The van der Waals surface area contributed by atoms with Gasteiger partial charge in [0.1, 0.15) is 0 Å². The third-order valence-corrected chi connectivity index (χ3v) is 6.27. The van der Waals surface area contributed by atoms with Gasteiger partial charge in [0.05, 0.1) is 18.1 Å². The van der Waals surface area contributed by atoms with E-state index in [-0.39, 0.29) is 41.3 Å². The normalized spacial score (nSPS) is 19.1. The molecular formula is C19H28N2O4S. The highest BCUT2D eigenvalue weighted by molar-refractivity contribution is 7.91. The third-order valence-electron chi connectivity index (χ3n) is 4.50. The second-order valence-electron chi connectivity index (χ2n) is 7.89. The average molecular weight is 381 g/mol. The molecule has 1 fully saturated rings. The van der Waals surface area contributed by atoms with Crippen LogP contribution in [0.2, 0.25) is 0 Å². The smallest absolute Gasteiger partial charge is 0.239 e. The molecule has 0 spiro atoms. The summed E-state index contributed by atoms with van der Waals surface area (Å²) in [4.78, 5) is 23.7. The van der Waals surface area contributed by atoms with Crippen molar-refractivity contribution in [3.63, 3.8) is 0 Å². The number of hydrogen-bond donors (Lipinski definition) is 2. The highest BCUT2D eigenvalue weighted by Gasteiger charge is 2.28. The number of rotatable bonds is 6. The molecule has 1 saturated heterocycles. The highest BCUT2D eigenvalue weighted by atomic mass is 32.2. The predicted octanol–water partition coefficient (Wildman–Crippen LogP) is 1.34. The van der Waals surface area contributed by atoms with Crippen molar-refractivity contribution in [2.45, 2.75) is 51.5 Å². The molecule has 0 bridgehead atoms. The molecular weight excluding hydrogens is 352 g/mol. The first kappa shape index (κ1) is 20.4. The summed E-state index contributed by atoms with van der Waals surface area (Å²) >= 11 is 0. The number of benzene rings is 1. The van der Waals surface area contributed by atoms with Crippen molar-refractivity contribution in [3.8, 4) is 0 Å². The van der Waals surface area contributed by atoms with Gasteiger partial charge in [-0.2, -0.15) is 0 Å². The molecule has 0 saturated carbocycles. The quantitative estimate of drug-likeness (QED) is 0.779. The number of sulfone groups is 1. The molecule has 0 aromatic heterocycles. The molecule has 1 aromatic carbocycles. The maximum absolute atomic E-state index is 11.9. The minimum absolute atomic E-state index is 0.0166. The molecule has 7 heteroatoms. The summed E-state index contributed by atoms with van der Waals surface area (Å²) < 4.78 is 22.7. The molecule has 2 rings (SSSR count). The maximum atomic E-state index is 11.9. The van der Waals surface area contributed by atoms with Gasteiger partial charge in [-0.05, 0) is 29.4 Å². The van der Waals surface area contributed by atoms with Crippen molar-refractivity contribution in [2.75, 3.05) is 18.1 Å². The Morgan fingerprint density at radius 3 is 2.31 bits per heavy atom. The molecule has 6 nitrogen and oxygen atoms in total. The lowest BCUT2D eigenvalue weighted by atomic mass is 9.86. The Hall–Kier alpha value is -1.89. The topological polar surface area (TPSA) is 92.3 Å². The SMILES string of the molecule is CC(C)(C)c1ccc(CCC(=O)NCC(=O)NC2CCS(=O)(=O)C2)cc1. The number of amides is 2. The first-order chi connectivity index (χ1) is 12.0. The van der Waals surface area contributed by atoms with E-state index in [0.29, 0.717) is 19.3 Å². The van der Waals surface area contributed by atoms with Crippen LogP contribution in [0.15, 0.2) is 24.3 Å². The van der Waals surface area contributed by atoms with Crippen LogP contribution in [-0.4, -0.2) is 44.3 Å². The fourth-order valence-corrected chi connectivity index (χ4v) is 4.56. The van der Waals surface area contributed by atoms with Crippen LogP contribution in [0.4, 0.5) is 0 Å². The van der Waals surface area contributed by atoms with Gasteiger partial charge in [-0.3, -0.25) is 9.59 Å². The molecule has 1 aliphatic heterocycles. The zero-order valence-electron chi connectivity index (χ0n) is 15.7. The first-order valence-corrected chi connectivity index (χ1v) is 10.7. The monoisotopic (exact) mass is 380 g/mol. The minimum atomic E-state index is -3.03. The third kappa shape index (κ3) is 6.44. The molecule has 2 amide bonds. The van der Waals surface area contributed by atoms with Crippen molar-refractivity contribution < 1.29 is 18.0 Å². The van der Waals surface area contributed by atoms with E-state index in [0.717, 1.165) is 5.56 Å². The molecule has 2 N–H and O–H groups in total. The second kappa shape index (κ2) is 8.20. The van der Waals surface area contributed by atoms with E-state index in [1.807, 2.05) is 12.1 Å². The molecule has 1 atom stereocenters. The van der Waals surface area contributed by atoms with Crippen LogP contribution in [0.5, 0.6) is 0 Å². The van der Waals surface area contributed by atoms with Gasteiger partial charge in [0.25, 0.3) is 0 Å². The zero-order valence-corrected chi connectivity index (χ0v) is 16.5. The van der Waals surface area contributed by atoms with Gasteiger partial charge in [-0.1, -0.05) is 45.0 Å². The van der Waals surface area contributed by atoms with Crippen LogP contribution in [0.1, 0.15) is 44.7 Å². The Morgan fingerprint density at radius 1 is 1.12 bits per heavy atom. The van der Waals surface area contributed by atoms with E-state index in [2.05, 4.69) is 43.5 Å². The van der Waals surface area contributed by atoms with Crippen molar-refractivity contribution in [1.29, 1.82) is 0 Å². The van der Waals surface area contributed by atoms with Crippen LogP contribution in [0, 0.1) is 0 Å². The number of aryl methyl sites for hydroxylation is 1. The molecule has 0 aliphatic carbocycles. The highest BCUT2D eigenvalue weighted by Crippen LogP contribution is 2.22. The number of hydrogen-bond acceptors (Lipinski definition) is 4. The van der Waals surface area contributed by atoms with Gasteiger partial charge in [-0.25, -0.2) is 8.42 Å². The van der Waals surface area contributed by atoms with E-state index in [9.17, 15) is 18.0 Å². The Labute approximate surface area is 155 Å². The van der Waals surface area contributed by atoms with E-state index in [4.69, 9.17) is 0 Å². The van der Waals surface area contributed by atoms with E-state index >= 15 is 0 Å². The summed E-state index contributed by atoms with van der Waals surface area (Å²) in [5.41, 5.74) is 2.42. The summed E-state index contributed by atoms with van der Waals surface area (Å²) in [6, 6.07) is 7.88. The second-order valence-corrected chi connectivity index (χ2v) is 10.1. The minimum Gasteiger partial charge on any atom is -0.351 e. The molecule has 1 heterocycles.